The maximum atomic E-state index is 4.88. The van der Waals surface area contributed by atoms with Crippen LogP contribution in [-0.2, 0) is 0 Å². The maximum Gasteiger partial charge on any atom is 0.140 e. The fraction of sp³-hybridized carbons (Fsp3) is 0.529. The van der Waals surface area contributed by atoms with Gasteiger partial charge in [0.1, 0.15) is 11.6 Å². The van der Waals surface area contributed by atoms with E-state index < -0.39 is 0 Å². The molecule has 1 aliphatic heterocycles. The van der Waals surface area contributed by atoms with Crippen molar-refractivity contribution in [2.75, 3.05) is 18.0 Å². The molecule has 20 heavy (non-hydrogen) atoms. The highest BCUT2D eigenvalue weighted by atomic mass is 15.2. The number of hydrogen-bond donors (Lipinski definition) is 0. The third-order valence-corrected chi connectivity index (χ3v) is 4.02. The molecule has 1 aromatic heterocycles. The Labute approximate surface area is 121 Å². The molecule has 1 fully saturated rings. The van der Waals surface area contributed by atoms with Gasteiger partial charge in [-0.25, -0.2) is 9.97 Å². The summed E-state index contributed by atoms with van der Waals surface area (Å²) in [6, 6.07) is 8.40. The summed E-state index contributed by atoms with van der Waals surface area (Å²) in [5, 5.41) is 1.19. The van der Waals surface area contributed by atoms with Gasteiger partial charge < -0.3 is 4.90 Å². The highest BCUT2D eigenvalue weighted by molar-refractivity contribution is 5.89. The van der Waals surface area contributed by atoms with Gasteiger partial charge in [-0.3, -0.25) is 0 Å². The van der Waals surface area contributed by atoms with E-state index >= 15 is 0 Å². The van der Waals surface area contributed by atoms with Gasteiger partial charge in [-0.15, -0.1) is 0 Å². The fourth-order valence-electron chi connectivity index (χ4n) is 2.86. The third-order valence-electron chi connectivity index (χ3n) is 4.02. The Morgan fingerprint density at radius 2 is 1.65 bits per heavy atom. The van der Waals surface area contributed by atoms with E-state index in [1.54, 1.807) is 0 Å². The molecule has 106 valence electrons. The van der Waals surface area contributed by atoms with Crippen LogP contribution in [0.2, 0.25) is 0 Å². The molecule has 3 heteroatoms. The maximum absolute atomic E-state index is 4.88. The number of para-hydroxylation sites is 1. The van der Waals surface area contributed by atoms with Crippen molar-refractivity contribution >= 4 is 16.7 Å². The van der Waals surface area contributed by atoms with Crippen LogP contribution < -0.4 is 4.90 Å². The lowest BCUT2D eigenvalue weighted by molar-refractivity contribution is 0.726. The van der Waals surface area contributed by atoms with E-state index in [4.69, 9.17) is 9.97 Å². The van der Waals surface area contributed by atoms with Gasteiger partial charge in [0.2, 0.25) is 0 Å². The van der Waals surface area contributed by atoms with Crippen molar-refractivity contribution in [3.63, 3.8) is 0 Å². The van der Waals surface area contributed by atoms with E-state index in [9.17, 15) is 0 Å². The Balaban J connectivity index is 2.11. The molecular weight excluding hydrogens is 246 g/mol. The second-order valence-corrected chi connectivity index (χ2v) is 5.98. The van der Waals surface area contributed by atoms with Gasteiger partial charge in [0.25, 0.3) is 0 Å². The zero-order chi connectivity index (χ0) is 13.9. The molecular formula is C17H23N3. The van der Waals surface area contributed by atoms with E-state index in [1.165, 1.54) is 31.1 Å². The standard InChI is InChI=1S/C17H23N3/c1-13(2)16-18-15-10-6-5-9-14(15)17(19-16)20-11-7-3-4-8-12-20/h5-6,9-10,13H,3-4,7-8,11-12H2,1-2H3. The molecule has 0 atom stereocenters. The number of rotatable bonds is 2. The minimum Gasteiger partial charge on any atom is -0.356 e. The van der Waals surface area contributed by atoms with Gasteiger partial charge in [0.05, 0.1) is 5.52 Å². The predicted octanol–water partition coefficient (Wildman–Crippen LogP) is 4.13. The van der Waals surface area contributed by atoms with Crippen LogP contribution in [0.1, 0.15) is 51.3 Å². The Kier molecular flexibility index (Phi) is 3.86. The molecule has 3 rings (SSSR count). The minimum absolute atomic E-state index is 0.366. The largest absolute Gasteiger partial charge is 0.356 e. The summed E-state index contributed by atoms with van der Waals surface area (Å²) >= 11 is 0. The first kappa shape index (κ1) is 13.3. The van der Waals surface area contributed by atoms with Gasteiger partial charge in [0, 0.05) is 24.4 Å². The van der Waals surface area contributed by atoms with Crippen LogP contribution in [0.4, 0.5) is 5.82 Å². The highest BCUT2D eigenvalue weighted by Crippen LogP contribution is 2.27. The first-order valence-corrected chi connectivity index (χ1v) is 7.77. The van der Waals surface area contributed by atoms with Crippen LogP contribution in [0.5, 0.6) is 0 Å². The van der Waals surface area contributed by atoms with Crippen molar-refractivity contribution in [1.29, 1.82) is 0 Å². The molecule has 1 aromatic carbocycles. The first-order valence-electron chi connectivity index (χ1n) is 7.77. The van der Waals surface area contributed by atoms with Crippen molar-refractivity contribution in [2.24, 2.45) is 0 Å². The van der Waals surface area contributed by atoms with Gasteiger partial charge in [-0.2, -0.15) is 0 Å². The number of anilines is 1. The highest BCUT2D eigenvalue weighted by Gasteiger charge is 2.16. The van der Waals surface area contributed by atoms with E-state index in [0.29, 0.717) is 5.92 Å². The molecule has 3 nitrogen and oxygen atoms in total. The molecule has 2 aromatic rings. The van der Waals surface area contributed by atoms with E-state index in [1.807, 2.05) is 0 Å². The average Bonchev–Trinajstić information content (AvgIpc) is 2.75. The molecule has 0 spiro atoms. The Morgan fingerprint density at radius 1 is 0.950 bits per heavy atom. The number of nitrogens with zero attached hydrogens (tertiary/aromatic N) is 3. The summed E-state index contributed by atoms with van der Waals surface area (Å²) in [6.45, 7) is 6.57. The predicted molar refractivity (Wildman–Crippen MR) is 84.3 cm³/mol. The van der Waals surface area contributed by atoms with E-state index in [-0.39, 0.29) is 0 Å². The van der Waals surface area contributed by atoms with Gasteiger partial charge in [0.15, 0.2) is 0 Å². The molecule has 0 N–H and O–H groups in total. The van der Waals surface area contributed by atoms with Crippen LogP contribution in [0, 0.1) is 0 Å². The van der Waals surface area contributed by atoms with Crippen LogP contribution in [0.15, 0.2) is 24.3 Å². The second-order valence-electron chi connectivity index (χ2n) is 5.98. The molecule has 0 radical (unpaired) electrons. The quantitative estimate of drug-likeness (QED) is 0.820. The van der Waals surface area contributed by atoms with Gasteiger partial charge in [-0.05, 0) is 25.0 Å². The van der Waals surface area contributed by atoms with Crippen molar-refractivity contribution in [2.45, 2.75) is 45.4 Å². The van der Waals surface area contributed by atoms with Crippen LogP contribution >= 0.6 is 0 Å². The van der Waals surface area contributed by atoms with E-state index in [2.05, 4.69) is 43.0 Å². The summed E-state index contributed by atoms with van der Waals surface area (Å²) in [7, 11) is 0. The monoisotopic (exact) mass is 269 g/mol. The molecule has 0 bridgehead atoms. The first-order chi connectivity index (χ1) is 9.75. The van der Waals surface area contributed by atoms with Crippen LogP contribution in [0.3, 0.4) is 0 Å². The smallest absolute Gasteiger partial charge is 0.140 e. The molecule has 2 heterocycles. The van der Waals surface area contributed by atoms with Gasteiger partial charge in [-0.1, -0.05) is 38.8 Å². The van der Waals surface area contributed by atoms with Crippen LogP contribution in [0.25, 0.3) is 10.9 Å². The minimum atomic E-state index is 0.366. The summed E-state index contributed by atoms with van der Waals surface area (Å²) in [5.74, 6) is 2.47. The lowest BCUT2D eigenvalue weighted by Gasteiger charge is -2.24. The summed E-state index contributed by atoms with van der Waals surface area (Å²) < 4.78 is 0. The SMILES string of the molecule is CC(C)c1nc(N2CCCCCC2)c2ccccc2n1. The zero-order valence-corrected chi connectivity index (χ0v) is 12.5. The molecule has 0 saturated carbocycles. The summed E-state index contributed by atoms with van der Waals surface area (Å²) in [6.07, 6.45) is 5.23. The molecule has 1 aliphatic rings. The van der Waals surface area contributed by atoms with Gasteiger partial charge >= 0.3 is 0 Å². The summed E-state index contributed by atoms with van der Waals surface area (Å²) in [5.41, 5.74) is 1.07. The molecule has 1 saturated heterocycles. The van der Waals surface area contributed by atoms with Crippen molar-refractivity contribution < 1.29 is 0 Å². The number of fused-ring (bicyclic) bond motifs is 1. The number of benzene rings is 1. The molecule has 0 amide bonds. The Morgan fingerprint density at radius 3 is 2.35 bits per heavy atom. The van der Waals surface area contributed by atoms with Crippen LogP contribution in [-0.4, -0.2) is 23.1 Å². The lowest BCUT2D eigenvalue weighted by Crippen LogP contribution is -2.25. The van der Waals surface area contributed by atoms with Crippen molar-refractivity contribution in [1.82, 2.24) is 9.97 Å². The summed E-state index contributed by atoms with van der Waals surface area (Å²) in [4.78, 5) is 12.1. The lowest BCUT2D eigenvalue weighted by atomic mass is 10.1. The number of hydrogen-bond acceptors (Lipinski definition) is 3. The Hall–Kier alpha value is -1.64. The third kappa shape index (κ3) is 2.62. The fourth-order valence-corrected chi connectivity index (χ4v) is 2.86. The van der Waals surface area contributed by atoms with E-state index in [0.717, 1.165) is 30.2 Å². The number of aromatic nitrogens is 2. The second kappa shape index (κ2) is 5.78. The molecule has 0 aliphatic carbocycles. The topological polar surface area (TPSA) is 29.0 Å². The normalized spacial score (nSPS) is 16.6. The van der Waals surface area contributed by atoms with Crippen molar-refractivity contribution in [3.05, 3.63) is 30.1 Å². The van der Waals surface area contributed by atoms with Crippen molar-refractivity contribution in [3.8, 4) is 0 Å². The Bertz CT molecular complexity index is 584. The zero-order valence-electron chi connectivity index (χ0n) is 12.5. The molecule has 0 unspecified atom stereocenters. The average molecular weight is 269 g/mol.